The molecule has 7 heteroatoms. The van der Waals surface area contributed by atoms with E-state index in [0.29, 0.717) is 5.82 Å². The highest BCUT2D eigenvalue weighted by molar-refractivity contribution is 7.00. The number of rotatable bonds is 3. The highest BCUT2D eigenvalue weighted by Crippen LogP contribution is 2.46. The molecule has 0 atom stereocenters. The van der Waals surface area contributed by atoms with Gasteiger partial charge in [0, 0.05) is 94.3 Å². The number of para-hydroxylation sites is 2. The Labute approximate surface area is 421 Å². The van der Waals surface area contributed by atoms with Gasteiger partial charge in [-0.05, 0) is 92.9 Å². The van der Waals surface area contributed by atoms with Crippen LogP contribution in [0.3, 0.4) is 0 Å². The smallest absolute Gasteiger partial charge is 0.252 e. The Morgan fingerprint density at radius 3 is 1.27 bits per heavy atom. The van der Waals surface area contributed by atoms with Crippen LogP contribution in [0.15, 0.2) is 185 Å². The molecule has 73 heavy (non-hydrogen) atoms. The Hall–Kier alpha value is -8.68. The second kappa shape index (κ2) is 14.0. The van der Waals surface area contributed by atoms with Crippen LogP contribution in [0.2, 0.25) is 0 Å². The molecule has 0 saturated carbocycles. The molecule has 0 aliphatic carbocycles. The summed E-state index contributed by atoms with van der Waals surface area (Å²) in [5, 5.41) is 9.40. The van der Waals surface area contributed by atoms with Gasteiger partial charge in [0.25, 0.3) is 6.71 Å². The third kappa shape index (κ3) is 5.65. The first kappa shape index (κ1) is 41.0. The lowest BCUT2D eigenvalue weighted by Gasteiger charge is -2.35. The van der Waals surface area contributed by atoms with E-state index in [1.165, 1.54) is 60.1 Å². The molecule has 0 fully saturated rings. The van der Waals surface area contributed by atoms with Crippen molar-refractivity contribution in [3.8, 4) is 45.3 Å². The molecule has 14 aromatic rings. The lowest BCUT2D eigenvalue weighted by Crippen LogP contribution is -2.59. The molecule has 2 aliphatic rings. The van der Waals surface area contributed by atoms with E-state index in [4.69, 9.17) is 18.8 Å². The van der Waals surface area contributed by atoms with Gasteiger partial charge in [0.05, 0.1) is 22.4 Å². The van der Waals surface area contributed by atoms with Gasteiger partial charge in [0.15, 0.2) is 5.82 Å². The number of benzene rings is 9. The van der Waals surface area contributed by atoms with Gasteiger partial charge in [0.2, 0.25) is 0 Å². The molecule has 16 rings (SSSR count). The van der Waals surface area contributed by atoms with Gasteiger partial charge in [0.1, 0.15) is 22.3 Å². The summed E-state index contributed by atoms with van der Waals surface area (Å²) in [5.41, 5.74) is 21.5. The van der Waals surface area contributed by atoms with Gasteiger partial charge in [-0.3, -0.25) is 0 Å². The zero-order valence-electron chi connectivity index (χ0n) is 41.4. The summed E-state index contributed by atoms with van der Waals surface area (Å²) in [6.45, 7) is 14.0. The van der Waals surface area contributed by atoms with Gasteiger partial charge in [-0.25, -0.2) is 9.97 Å². The molecule has 5 aromatic heterocycles. The van der Waals surface area contributed by atoms with Crippen LogP contribution in [0.5, 0.6) is 0 Å². The lowest BCUT2D eigenvalue weighted by molar-refractivity contribution is 0.591. The van der Waals surface area contributed by atoms with E-state index in [1.54, 1.807) is 0 Å². The maximum atomic E-state index is 6.73. The summed E-state index contributed by atoms with van der Waals surface area (Å²) in [6.07, 6.45) is 0. The fraction of sp³-hybridized carbons (Fsp3) is 0.121. The molecule has 0 saturated heterocycles. The first-order valence-corrected chi connectivity index (χ1v) is 25.5. The Morgan fingerprint density at radius 2 is 0.822 bits per heavy atom. The molecular weight excluding hydrogens is 892 g/mol. The Bertz CT molecular complexity index is 4460. The van der Waals surface area contributed by atoms with E-state index < -0.39 is 0 Å². The average molecular weight is 939 g/mol. The van der Waals surface area contributed by atoms with Crippen molar-refractivity contribution in [3.05, 3.63) is 187 Å². The molecule has 0 unspecified atom stereocenters. The first-order chi connectivity index (χ1) is 35.4. The van der Waals surface area contributed by atoms with Crippen LogP contribution in [0.25, 0.3) is 133 Å². The van der Waals surface area contributed by atoms with Gasteiger partial charge < -0.3 is 18.0 Å². The van der Waals surface area contributed by atoms with Crippen LogP contribution in [0, 0.1) is 0 Å². The quantitative estimate of drug-likeness (QED) is 0.166. The maximum absolute atomic E-state index is 6.73. The van der Waals surface area contributed by atoms with Crippen molar-refractivity contribution in [2.24, 2.45) is 0 Å². The molecular formula is C66H47BN4O2. The molecule has 0 bridgehead atoms. The summed E-state index contributed by atoms with van der Waals surface area (Å²) in [4.78, 5) is 11.0. The maximum Gasteiger partial charge on any atom is 0.252 e. The first-order valence-electron chi connectivity index (χ1n) is 25.5. The van der Waals surface area contributed by atoms with Crippen molar-refractivity contribution >= 4 is 111 Å². The number of hydrogen-bond donors (Lipinski definition) is 0. The zero-order valence-corrected chi connectivity index (χ0v) is 41.4. The molecule has 7 heterocycles. The molecule has 0 spiro atoms. The topological polar surface area (TPSA) is 61.9 Å². The van der Waals surface area contributed by atoms with Crippen molar-refractivity contribution < 1.29 is 8.83 Å². The Morgan fingerprint density at radius 1 is 0.384 bits per heavy atom. The lowest BCUT2D eigenvalue weighted by atomic mass is 9.34. The SMILES string of the molecule is CC(C)(C)c1cc2c3c(c1)c1cc4c(cc1n3-c1cc(-c3nc(-c5ccccc5)cc(-c5ccccc5)n3)cc3c1B2c1cc(C(C)(C)C)cc2c5cc6c(cc5n-3c12)oc1ccccc16)oc1ccccc14. The van der Waals surface area contributed by atoms with Gasteiger partial charge >= 0.3 is 0 Å². The van der Waals surface area contributed by atoms with Crippen molar-refractivity contribution in [1.82, 2.24) is 19.1 Å². The fourth-order valence-electron chi connectivity index (χ4n) is 12.6. The molecule has 2 aliphatic heterocycles. The van der Waals surface area contributed by atoms with Gasteiger partial charge in [-0.1, -0.05) is 151 Å². The minimum atomic E-state index is -0.126. The number of hydrogen-bond acceptors (Lipinski definition) is 4. The van der Waals surface area contributed by atoms with Crippen LogP contribution in [-0.4, -0.2) is 25.8 Å². The van der Waals surface area contributed by atoms with Crippen molar-refractivity contribution in [2.45, 2.75) is 52.4 Å². The molecule has 346 valence electrons. The predicted molar refractivity (Wildman–Crippen MR) is 304 cm³/mol. The molecule has 0 amide bonds. The second-order valence-electron chi connectivity index (χ2n) is 22.6. The standard InChI is InChI=1S/C66H47BN4O2/c1-65(2,3)39-27-47-43-31-45-41-21-13-15-23-57(41)72-59(45)34-53(43)70-55-25-38(64-68-51(36-17-9-7-10-18-36)33-52(69-64)37-19-11-8-12-20-37)26-56-61(55)67(49(29-39)62(47)70)50-30-40(66(4,5)6)28-48-44-32-46-42-22-14-16-24-58(42)73-60(46)35-54(44)71(56)63(48)50/h7-35H,1-6H3. The zero-order chi connectivity index (χ0) is 48.8. The van der Waals surface area contributed by atoms with E-state index in [1.807, 2.05) is 0 Å². The molecule has 0 N–H and O–H groups in total. The second-order valence-corrected chi connectivity index (χ2v) is 22.6. The van der Waals surface area contributed by atoms with E-state index in [-0.39, 0.29) is 17.5 Å². The minimum absolute atomic E-state index is 0.0913. The average Bonchev–Trinajstić information content (AvgIpc) is 4.17. The molecule has 6 nitrogen and oxygen atoms in total. The van der Waals surface area contributed by atoms with Crippen molar-refractivity contribution in [3.63, 3.8) is 0 Å². The highest BCUT2D eigenvalue weighted by Gasteiger charge is 2.43. The van der Waals surface area contributed by atoms with E-state index in [9.17, 15) is 0 Å². The van der Waals surface area contributed by atoms with E-state index in [2.05, 4.69) is 227 Å². The number of furan rings is 2. The number of fused-ring (bicyclic) bond motifs is 16. The minimum Gasteiger partial charge on any atom is -0.456 e. The molecule has 9 aromatic carbocycles. The Kier molecular flexibility index (Phi) is 7.89. The van der Waals surface area contributed by atoms with Crippen molar-refractivity contribution in [1.29, 1.82) is 0 Å². The van der Waals surface area contributed by atoms with Crippen LogP contribution in [-0.2, 0) is 10.8 Å². The highest BCUT2D eigenvalue weighted by atomic mass is 16.3. The summed E-state index contributed by atoms with van der Waals surface area (Å²) < 4.78 is 18.6. The predicted octanol–water partition coefficient (Wildman–Crippen LogP) is 15.2. The number of aromatic nitrogens is 4. The fourth-order valence-corrected chi connectivity index (χ4v) is 12.6. The largest absolute Gasteiger partial charge is 0.456 e. The summed E-state index contributed by atoms with van der Waals surface area (Å²) in [7, 11) is 0. The van der Waals surface area contributed by atoms with Gasteiger partial charge in [-0.15, -0.1) is 0 Å². The summed E-state index contributed by atoms with van der Waals surface area (Å²) >= 11 is 0. The summed E-state index contributed by atoms with van der Waals surface area (Å²) in [6, 6.07) is 64.1. The van der Waals surface area contributed by atoms with Crippen LogP contribution in [0.4, 0.5) is 0 Å². The number of nitrogens with zero attached hydrogens (tertiary/aromatic N) is 4. The van der Waals surface area contributed by atoms with E-state index >= 15 is 0 Å². The monoisotopic (exact) mass is 938 g/mol. The molecule has 0 radical (unpaired) electrons. The third-order valence-electron chi connectivity index (χ3n) is 16.2. The Balaban J connectivity index is 1.11. The van der Waals surface area contributed by atoms with E-state index in [0.717, 1.165) is 94.4 Å². The van der Waals surface area contributed by atoms with Crippen LogP contribution in [0.1, 0.15) is 52.7 Å². The van der Waals surface area contributed by atoms with Crippen LogP contribution < -0.4 is 16.4 Å². The van der Waals surface area contributed by atoms with Crippen molar-refractivity contribution in [2.75, 3.05) is 0 Å². The summed E-state index contributed by atoms with van der Waals surface area (Å²) in [5.74, 6) is 0.665. The third-order valence-corrected chi connectivity index (χ3v) is 16.2. The van der Waals surface area contributed by atoms with Crippen LogP contribution >= 0.6 is 0 Å². The van der Waals surface area contributed by atoms with Gasteiger partial charge in [-0.2, -0.15) is 0 Å². The normalized spacial score (nSPS) is 13.3.